The third-order valence-corrected chi connectivity index (χ3v) is 10.9. The Hall–Kier alpha value is -7.94. The van der Waals surface area contributed by atoms with Crippen LogP contribution >= 0.6 is 0 Å². The van der Waals surface area contributed by atoms with E-state index in [4.69, 9.17) is 19.7 Å². The van der Waals surface area contributed by atoms with Gasteiger partial charge in [-0.05, 0) is 88.0 Å². The maximum absolute atomic E-state index is 9.38. The molecule has 0 saturated heterocycles. The molecule has 0 fully saturated rings. The van der Waals surface area contributed by atoms with E-state index in [1.54, 1.807) is 12.1 Å². The number of para-hydroxylation sites is 1. The summed E-state index contributed by atoms with van der Waals surface area (Å²) in [4.78, 5) is 14.8. The zero-order valence-electron chi connectivity index (χ0n) is 31.3. The lowest BCUT2D eigenvalue weighted by Crippen LogP contribution is -2.34. The van der Waals surface area contributed by atoms with Gasteiger partial charge in [0, 0.05) is 27.8 Å². The molecule has 0 spiro atoms. The molecule has 1 aliphatic rings. The molecular formula is C53H34N4O. The van der Waals surface area contributed by atoms with Gasteiger partial charge in [-0.2, -0.15) is 5.26 Å². The highest BCUT2D eigenvalue weighted by Crippen LogP contribution is 2.55. The summed E-state index contributed by atoms with van der Waals surface area (Å²) in [6, 6.07) is 73.0. The van der Waals surface area contributed by atoms with Crippen molar-refractivity contribution in [1.82, 2.24) is 15.0 Å². The maximum atomic E-state index is 9.38. The number of rotatable bonds is 7. The van der Waals surface area contributed by atoms with E-state index in [-0.39, 0.29) is 0 Å². The van der Waals surface area contributed by atoms with Crippen molar-refractivity contribution in [2.45, 2.75) is 5.41 Å². The molecule has 5 nitrogen and oxygen atoms in total. The first-order valence-electron chi connectivity index (χ1n) is 19.2. The van der Waals surface area contributed by atoms with Gasteiger partial charge in [0.1, 0.15) is 11.5 Å². The molecule has 0 aliphatic carbocycles. The summed E-state index contributed by atoms with van der Waals surface area (Å²) < 4.78 is 6.67. The quantitative estimate of drug-likeness (QED) is 0.163. The number of nitriles is 1. The SMILES string of the molecule is N#Cc1ccc(-c2nc(-c3ccccc3)nc(-c3cccc(-c4cccc(-c5ccc6c(c5)C(c5ccccc5)(c5ccccc5)c5ccccc5O6)c4)c3)n2)cc1. The van der Waals surface area contributed by atoms with Gasteiger partial charge in [-0.25, -0.2) is 15.0 Å². The van der Waals surface area contributed by atoms with Gasteiger partial charge in [0.2, 0.25) is 0 Å². The van der Waals surface area contributed by atoms with Gasteiger partial charge in [0.25, 0.3) is 0 Å². The molecule has 0 bridgehead atoms. The van der Waals surface area contributed by atoms with Crippen molar-refractivity contribution >= 4 is 0 Å². The predicted octanol–water partition coefficient (Wildman–Crippen LogP) is 12.6. The first-order valence-corrected chi connectivity index (χ1v) is 19.2. The number of fused-ring (bicyclic) bond motifs is 2. The van der Waals surface area contributed by atoms with E-state index in [1.165, 1.54) is 11.1 Å². The molecule has 0 radical (unpaired) electrons. The van der Waals surface area contributed by atoms with Gasteiger partial charge in [0.05, 0.1) is 17.0 Å². The van der Waals surface area contributed by atoms with Crippen LogP contribution in [0, 0.1) is 11.3 Å². The molecule has 5 heteroatoms. The Morgan fingerprint density at radius 1 is 0.362 bits per heavy atom. The Labute approximate surface area is 337 Å². The monoisotopic (exact) mass is 742 g/mol. The molecule has 0 unspecified atom stereocenters. The van der Waals surface area contributed by atoms with Crippen molar-refractivity contribution in [3.05, 3.63) is 234 Å². The number of aromatic nitrogens is 3. The van der Waals surface area contributed by atoms with Crippen LogP contribution in [0.1, 0.15) is 27.8 Å². The highest BCUT2D eigenvalue weighted by Gasteiger charge is 2.45. The van der Waals surface area contributed by atoms with Crippen molar-refractivity contribution in [2.75, 3.05) is 0 Å². The largest absolute Gasteiger partial charge is 0.457 e. The minimum atomic E-state index is -0.603. The van der Waals surface area contributed by atoms with Crippen molar-refractivity contribution in [1.29, 1.82) is 5.26 Å². The minimum Gasteiger partial charge on any atom is -0.457 e. The molecule has 10 rings (SSSR count). The van der Waals surface area contributed by atoms with E-state index in [9.17, 15) is 5.26 Å². The second-order valence-electron chi connectivity index (χ2n) is 14.3. The number of ether oxygens (including phenoxy) is 1. The van der Waals surface area contributed by atoms with Gasteiger partial charge < -0.3 is 4.74 Å². The van der Waals surface area contributed by atoms with Crippen LogP contribution in [-0.4, -0.2) is 15.0 Å². The second kappa shape index (κ2) is 14.6. The van der Waals surface area contributed by atoms with Crippen LogP contribution in [0.3, 0.4) is 0 Å². The zero-order chi connectivity index (χ0) is 38.9. The summed E-state index contributed by atoms with van der Waals surface area (Å²) in [6.45, 7) is 0. The average Bonchev–Trinajstić information content (AvgIpc) is 3.31. The standard InChI is InChI=1S/C53H34N4O/c54-35-36-26-28-38(29-27-36)51-55-50(37-14-4-1-5-15-37)56-52(57-51)43-19-13-18-41(33-43)39-16-12-17-40(32-39)42-30-31-49-47(34-42)53(44-20-6-2-7-21-44,45-22-8-3-9-23-45)46-24-10-11-25-48(46)58-49/h1-34H. The summed E-state index contributed by atoms with van der Waals surface area (Å²) in [5, 5.41) is 9.38. The molecule has 272 valence electrons. The smallest absolute Gasteiger partial charge is 0.164 e. The van der Waals surface area contributed by atoms with E-state index in [0.29, 0.717) is 23.0 Å². The molecule has 1 aliphatic heterocycles. The summed E-state index contributed by atoms with van der Waals surface area (Å²) in [5.41, 5.74) is 11.4. The van der Waals surface area contributed by atoms with Crippen LogP contribution in [-0.2, 0) is 5.41 Å². The van der Waals surface area contributed by atoms with E-state index in [1.807, 2.05) is 60.7 Å². The molecular weight excluding hydrogens is 709 g/mol. The van der Waals surface area contributed by atoms with Gasteiger partial charge >= 0.3 is 0 Å². The molecule has 0 amide bonds. The van der Waals surface area contributed by atoms with Gasteiger partial charge in [-0.15, -0.1) is 0 Å². The molecule has 58 heavy (non-hydrogen) atoms. The van der Waals surface area contributed by atoms with E-state index in [2.05, 4.69) is 140 Å². The summed E-state index contributed by atoms with van der Waals surface area (Å²) in [5.74, 6) is 3.39. The lowest BCUT2D eigenvalue weighted by Gasteiger charge is -2.41. The number of hydrogen-bond acceptors (Lipinski definition) is 5. The Balaban J connectivity index is 1.08. The summed E-state index contributed by atoms with van der Waals surface area (Å²) in [6.07, 6.45) is 0. The maximum Gasteiger partial charge on any atom is 0.164 e. The molecule has 0 saturated carbocycles. The van der Waals surface area contributed by atoms with Crippen molar-refractivity contribution < 1.29 is 4.74 Å². The third-order valence-electron chi connectivity index (χ3n) is 10.9. The van der Waals surface area contributed by atoms with Gasteiger partial charge in [-0.1, -0.05) is 152 Å². The van der Waals surface area contributed by atoms with Crippen molar-refractivity contribution in [3.8, 4) is 74.0 Å². The van der Waals surface area contributed by atoms with Crippen LogP contribution in [0.4, 0.5) is 0 Å². The van der Waals surface area contributed by atoms with Crippen LogP contribution < -0.4 is 4.74 Å². The Bertz CT molecular complexity index is 2940. The van der Waals surface area contributed by atoms with Crippen LogP contribution in [0.2, 0.25) is 0 Å². The molecule has 0 atom stereocenters. The molecule has 8 aromatic carbocycles. The fourth-order valence-electron chi connectivity index (χ4n) is 8.15. The molecule has 2 heterocycles. The molecule has 9 aromatic rings. The lowest BCUT2D eigenvalue weighted by atomic mass is 9.63. The number of benzene rings is 8. The first-order chi connectivity index (χ1) is 28.7. The third kappa shape index (κ3) is 6.10. The fraction of sp³-hybridized carbons (Fsp3) is 0.0189. The fourth-order valence-corrected chi connectivity index (χ4v) is 8.15. The normalized spacial score (nSPS) is 12.4. The summed E-state index contributed by atoms with van der Waals surface area (Å²) in [7, 11) is 0. The zero-order valence-corrected chi connectivity index (χ0v) is 31.3. The number of nitrogens with zero attached hydrogens (tertiary/aromatic N) is 4. The molecule has 0 N–H and O–H groups in total. The average molecular weight is 743 g/mol. The first kappa shape index (κ1) is 34.5. The van der Waals surface area contributed by atoms with Crippen LogP contribution in [0.15, 0.2) is 206 Å². The van der Waals surface area contributed by atoms with Crippen LogP contribution in [0.25, 0.3) is 56.4 Å². The molecule has 1 aromatic heterocycles. The van der Waals surface area contributed by atoms with E-state index in [0.717, 1.165) is 61.6 Å². The van der Waals surface area contributed by atoms with E-state index >= 15 is 0 Å². The minimum absolute atomic E-state index is 0.543. The topological polar surface area (TPSA) is 71.7 Å². The Morgan fingerprint density at radius 2 is 0.793 bits per heavy atom. The lowest BCUT2D eigenvalue weighted by molar-refractivity contribution is 0.434. The highest BCUT2D eigenvalue weighted by atomic mass is 16.5. The van der Waals surface area contributed by atoms with Crippen molar-refractivity contribution in [3.63, 3.8) is 0 Å². The highest BCUT2D eigenvalue weighted by molar-refractivity contribution is 5.79. The van der Waals surface area contributed by atoms with Crippen LogP contribution in [0.5, 0.6) is 11.5 Å². The van der Waals surface area contributed by atoms with Crippen molar-refractivity contribution in [2.24, 2.45) is 0 Å². The predicted molar refractivity (Wildman–Crippen MR) is 230 cm³/mol. The van der Waals surface area contributed by atoms with E-state index < -0.39 is 5.41 Å². The van der Waals surface area contributed by atoms with Gasteiger partial charge in [-0.3, -0.25) is 0 Å². The number of hydrogen-bond donors (Lipinski definition) is 0. The Morgan fingerprint density at radius 3 is 1.40 bits per heavy atom. The second-order valence-corrected chi connectivity index (χ2v) is 14.3. The Kier molecular flexibility index (Phi) is 8.70. The van der Waals surface area contributed by atoms with Gasteiger partial charge in [0.15, 0.2) is 17.5 Å². The summed E-state index contributed by atoms with van der Waals surface area (Å²) >= 11 is 0.